The zero-order chi connectivity index (χ0) is 29.4. The largest absolute Gasteiger partial charge is 0.407 e. The zero-order valence-electron chi connectivity index (χ0n) is 23.4. The number of hydrogen-bond donors (Lipinski definition) is 3. The van der Waals surface area contributed by atoms with Gasteiger partial charge >= 0.3 is 0 Å². The van der Waals surface area contributed by atoms with E-state index >= 15 is 0 Å². The summed E-state index contributed by atoms with van der Waals surface area (Å²) in [4.78, 5) is 23.9. The molecule has 1 saturated heterocycles. The number of nitrogens with zero attached hydrogens (tertiary/aromatic N) is 3. The third-order valence-corrected chi connectivity index (χ3v) is 6.57. The summed E-state index contributed by atoms with van der Waals surface area (Å²) in [7, 11) is 0. The highest BCUT2D eigenvalue weighted by Crippen LogP contribution is 2.27. The lowest BCUT2D eigenvalue weighted by molar-refractivity contribution is -0.117. The highest BCUT2D eigenvalue weighted by Gasteiger charge is 2.27. The average Bonchev–Trinajstić information content (AvgIpc) is 3.14. The molecular formula is C31H35FN6O3. The summed E-state index contributed by atoms with van der Waals surface area (Å²) in [6.07, 6.45) is -0.433. The Hall–Kier alpha value is -4.57. The number of carbonyl (C=O) groups is 1. The van der Waals surface area contributed by atoms with Crippen molar-refractivity contribution in [2.45, 2.75) is 39.5 Å². The summed E-state index contributed by atoms with van der Waals surface area (Å²) in [5, 5.41) is 11.4. The number of anilines is 2. The summed E-state index contributed by atoms with van der Waals surface area (Å²) >= 11 is 0. The van der Waals surface area contributed by atoms with Crippen molar-refractivity contribution in [3.8, 4) is 0 Å². The zero-order valence-corrected chi connectivity index (χ0v) is 23.4. The number of amidine groups is 1. The molecule has 2 aliphatic rings. The molecule has 0 saturated carbocycles. The van der Waals surface area contributed by atoms with Crippen LogP contribution in [0.1, 0.15) is 43.9 Å². The number of carbonyl (C=O) groups excluding carboxylic acids is 1. The molecular weight excluding hydrogens is 523 g/mol. The Labute approximate surface area is 239 Å². The standard InChI is InChI=1S/C29H29FN6O3.C2H6/c1-2-20-17-36(14-15-38-20)24-16-19(30)12-13-22(24)26(31)39-29(32)35-27-28(37)33-23-11-7-6-10-21(23)25(34-27)18-8-4-3-5-9-18;1-2/h3-13,16,20,27,31H,2,14-15,17H2,1H3,(H2,32,35)(H,33,37);1-2H3. The molecule has 3 aromatic rings. The molecule has 9 nitrogen and oxygen atoms in total. The van der Waals surface area contributed by atoms with Gasteiger partial charge in [0.25, 0.3) is 11.9 Å². The first-order valence-corrected chi connectivity index (χ1v) is 13.7. The Morgan fingerprint density at radius 3 is 2.66 bits per heavy atom. The van der Waals surface area contributed by atoms with Gasteiger partial charge < -0.3 is 25.4 Å². The predicted molar refractivity (Wildman–Crippen MR) is 160 cm³/mol. The van der Waals surface area contributed by atoms with E-state index in [2.05, 4.69) is 15.3 Å². The predicted octanol–water partition coefficient (Wildman–Crippen LogP) is 4.94. The number of para-hydroxylation sites is 1. The molecule has 3 aromatic carbocycles. The molecule has 1 amide bonds. The van der Waals surface area contributed by atoms with E-state index in [4.69, 9.17) is 20.6 Å². The third kappa shape index (κ3) is 6.96. The summed E-state index contributed by atoms with van der Waals surface area (Å²) in [5.41, 5.74) is 9.64. The van der Waals surface area contributed by atoms with E-state index in [9.17, 15) is 9.18 Å². The number of benzene rings is 3. The minimum absolute atomic E-state index is 0.00569. The van der Waals surface area contributed by atoms with Gasteiger partial charge in [-0.25, -0.2) is 9.38 Å². The van der Waals surface area contributed by atoms with E-state index in [0.29, 0.717) is 42.3 Å². The number of halogens is 1. The van der Waals surface area contributed by atoms with Crippen LogP contribution in [-0.4, -0.2) is 55.5 Å². The van der Waals surface area contributed by atoms with Crippen LogP contribution in [0.2, 0.25) is 0 Å². The molecule has 4 N–H and O–H groups in total. The number of hydrogen-bond acceptors (Lipinski definition) is 7. The maximum atomic E-state index is 14.2. The Morgan fingerprint density at radius 2 is 1.90 bits per heavy atom. The Morgan fingerprint density at radius 1 is 1.17 bits per heavy atom. The average molecular weight is 559 g/mol. The van der Waals surface area contributed by atoms with Crippen molar-refractivity contribution >= 4 is 34.9 Å². The van der Waals surface area contributed by atoms with Gasteiger partial charge in [-0.05, 0) is 30.7 Å². The molecule has 2 atom stereocenters. The lowest BCUT2D eigenvalue weighted by Gasteiger charge is -2.35. The molecule has 5 rings (SSSR count). The van der Waals surface area contributed by atoms with Crippen molar-refractivity contribution in [1.82, 2.24) is 0 Å². The van der Waals surface area contributed by atoms with Gasteiger partial charge in [0.15, 0.2) is 0 Å². The van der Waals surface area contributed by atoms with Crippen LogP contribution in [0.3, 0.4) is 0 Å². The fourth-order valence-corrected chi connectivity index (χ4v) is 4.61. The summed E-state index contributed by atoms with van der Waals surface area (Å²) in [6, 6.07) is 20.5. The maximum absolute atomic E-state index is 14.2. The molecule has 41 heavy (non-hydrogen) atoms. The van der Waals surface area contributed by atoms with Crippen molar-refractivity contribution in [3.63, 3.8) is 0 Å². The van der Waals surface area contributed by atoms with Crippen molar-refractivity contribution in [1.29, 1.82) is 5.41 Å². The molecule has 1 fully saturated rings. The van der Waals surface area contributed by atoms with Crippen molar-refractivity contribution in [2.75, 3.05) is 29.9 Å². The first-order valence-electron chi connectivity index (χ1n) is 13.7. The molecule has 214 valence electrons. The molecule has 0 aliphatic carbocycles. The number of fused-ring (bicyclic) bond motifs is 1. The smallest absolute Gasteiger partial charge is 0.291 e. The van der Waals surface area contributed by atoms with E-state index < -0.39 is 23.9 Å². The molecule has 0 bridgehead atoms. The number of benzodiazepines with no additional fused rings is 1. The lowest BCUT2D eigenvalue weighted by atomic mass is 10.0. The van der Waals surface area contributed by atoms with E-state index in [1.54, 1.807) is 6.07 Å². The van der Waals surface area contributed by atoms with E-state index in [1.165, 1.54) is 18.2 Å². The van der Waals surface area contributed by atoms with Crippen LogP contribution in [-0.2, 0) is 14.3 Å². The van der Waals surface area contributed by atoms with Gasteiger partial charge in [0, 0.05) is 24.2 Å². The minimum atomic E-state index is -1.25. The summed E-state index contributed by atoms with van der Waals surface area (Å²) in [5.74, 6) is -1.25. The Balaban J connectivity index is 0.00000189. The first-order chi connectivity index (χ1) is 19.9. The highest BCUT2D eigenvalue weighted by molar-refractivity contribution is 6.19. The molecule has 2 heterocycles. The van der Waals surface area contributed by atoms with Gasteiger partial charge in [0.1, 0.15) is 5.82 Å². The van der Waals surface area contributed by atoms with Gasteiger partial charge in [0.05, 0.1) is 35.4 Å². The normalized spacial score (nSPS) is 18.6. The first kappa shape index (κ1) is 29.4. The van der Waals surface area contributed by atoms with Crippen LogP contribution in [0, 0.1) is 11.2 Å². The van der Waals surface area contributed by atoms with Crippen LogP contribution in [0.15, 0.2) is 82.8 Å². The Bertz CT molecular complexity index is 1440. The fraction of sp³-hybridized carbons (Fsp3) is 0.290. The molecule has 2 unspecified atom stereocenters. The van der Waals surface area contributed by atoms with Crippen molar-refractivity contribution < 1.29 is 18.7 Å². The van der Waals surface area contributed by atoms with Crippen LogP contribution < -0.4 is 16.0 Å². The lowest BCUT2D eigenvalue weighted by Crippen LogP contribution is -2.43. The summed E-state index contributed by atoms with van der Waals surface area (Å²) in [6.45, 7) is 7.62. The Kier molecular flexibility index (Phi) is 9.81. The number of aliphatic imine (C=N–C) groups is 2. The van der Waals surface area contributed by atoms with E-state index in [-0.39, 0.29) is 12.0 Å². The number of amides is 1. The molecule has 2 aliphatic heterocycles. The number of morpholine rings is 1. The van der Waals surface area contributed by atoms with Gasteiger partial charge in [-0.2, -0.15) is 4.99 Å². The van der Waals surface area contributed by atoms with Crippen LogP contribution in [0.4, 0.5) is 15.8 Å². The molecule has 0 radical (unpaired) electrons. The summed E-state index contributed by atoms with van der Waals surface area (Å²) < 4.78 is 25.5. The third-order valence-electron chi connectivity index (χ3n) is 6.57. The van der Waals surface area contributed by atoms with Crippen LogP contribution in [0.5, 0.6) is 0 Å². The van der Waals surface area contributed by atoms with Crippen LogP contribution in [0.25, 0.3) is 0 Å². The second kappa shape index (κ2) is 13.7. The fourth-order valence-electron chi connectivity index (χ4n) is 4.61. The molecule has 0 aromatic heterocycles. The number of rotatable bonds is 5. The SMILES string of the molecule is CC.CCC1CN(c2cc(F)ccc2C(=N)O/C(N)=N/C2N=C(c3ccccc3)c3ccccc3NC2=O)CCO1. The van der Waals surface area contributed by atoms with Gasteiger partial charge in [-0.15, -0.1) is 0 Å². The van der Waals surface area contributed by atoms with E-state index in [1.807, 2.05) is 74.2 Å². The van der Waals surface area contributed by atoms with Gasteiger partial charge in [-0.1, -0.05) is 69.3 Å². The molecule has 0 spiro atoms. The quantitative estimate of drug-likeness (QED) is 0.302. The van der Waals surface area contributed by atoms with Crippen molar-refractivity contribution in [3.05, 3.63) is 95.3 Å². The number of ether oxygens (including phenoxy) is 2. The highest BCUT2D eigenvalue weighted by atomic mass is 19.1. The number of nitrogens with two attached hydrogens (primary N) is 1. The van der Waals surface area contributed by atoms with Crippen molar-refractivity contribution in [2.24, 2.45) is 15.7 Å². The second-order valence-electron chi connectivity index (χ2n) is 9.16. The van der Waals surface area contributed by atoms with Gasteiger partial charge in [0.2, 0.25) is 12.1 Å². The van der Waals surface area contributed by atoms with Crippen LogP contribution >= 0.6 is 0 Å². The topological polar surface area (TPSA) is 125 Å². The second-order valence-corrected chi connectivity index (χ2v) is 9.16. The monoisotopic (exact) mass is 558 g/mol. The number of nitrogens with one attached hydrogen (secondary N) is 2. The van der Waals surface area contributed by atoms with E-state index in [0.717, 1.165) is 17.5 Å². The molecule has 10 heteroatoms. The van der Waals surface area contributed by atoms with Gasteiger partial charge in [-0.3, -0.25) is 10.2 Å². The maximum Gasteiger partial charge on any atom is 0.291 e. The minimum Gasteiger partial charge on any atom is -0.407 e.